The summed E-state index contributed by atoms with van der Waals surface area (Å²) < 4.78 is 9.98. The van der Waals surface area contributed by atoms with E-state index < -0.39 is 8.07 Å². The second-order valence-electron chi connectivity index (χ2n) is 11.2. The normalized spacial score (nSPS) is 22.2. The number of nitrogens with one attached hydrogen (secondary N) is 1. The molecule has 8 nitrogen and oxygen atoms in total. The maximum Gasteiger partial charge on any atom is 0.231 e. The Morgan fingerprint density at radius 1 is 1.27 bits per heavy atom. The van der Waals surface area contributed by atoms with Crippen LogP contribution in [0.5, 0.6) is 0 Å². The minimum absolute atomic E-state index is 0.493. The molecular formula is C24H37N7OSi. The minimum Gasteiger partial charge on any atom is -0.361 e. The van der Waals surface area contributed by atoms with Crippen LogP contribution in [0.1, 0.15) is 25.5 Å². The molecule has 2 aliphatic rings. The number of piperidine rings is 1. The van der Waals surface area contributed by atoms with Crippen molar-refractivity contribution in [1.29, 1.82) is 0 Å². The van der Waals surface area contributed by atoms with Crippen molar-refractivity contribution in [3.05, 3.63) is 24.2 Å². The van der Waals surface area contributed by atoms with Crippen molar-refractivity contribution in [3.63, 3.8) is 0 Å². The lowest BCUT2D eigenvalue weighted by molar-refractivity contribution is 0.0899. The molecule has 33 heavy (non-hydrogen) atoms. The van der Waals surface area contributed by atoms with E-state index in [1.807, 2.05) is 24.9 Å². The Balaban J connectivity index is 1.45. The van der Waals surface area contributed by atoms with E-state index >= 15 is 0 Å². The van der Waals surface area contributed by atoms with E-state index in [4.69, 9.17) is 14.7 Å². The van der Waals surface area contributed by atoms with Gasteiger partial charge in [0.2, 0.25) is 5.95 Å². The zero-order valence-corrected chi connectivity index (χ0v) is 21.9. The fraction of sp³-hybridized carbons (Fsp3) is 0.625. The molecule has 1 aliphatic carbocycles. The summed E-state index contributed by atoms with van der Waals surface area (Å²) in [6, 6.07) is 3.31. The number of ether oxygens (including phenoxy) is 1. The lowest BCUT2D eigenvalue weighted by atomic mass is 10.0. The van der Waals surface area contributed by atoms with Crippen LogP contribution in [0.25, 0.3) is 11.0 Å². The summed E-state index contributed by atoms with van der Waals surface area (Å²) in [6.07, 6.45) is 6.66. The average molecular weight is 468 g/mol. The number of aromatic nitrogens is 5. The van der Waals surface area contributed by atoms with Crippen LogP contribution < -0.4 is 10.2 Å². The molecule has 2 fully saturated rings. The van der Waals surface area contributed by atoms with Crippen LogP contribution in [0, 0.1) is 18.3 Å². The second-order valence-corrected chi connectivity index (χ2v) is 16.8. The minimum atomic E-state index is -1.11. The molecule has 3 aromatic rings. The fourth-order valence-corrected chi connectivity index (χ4v) is 5.89. The molecule has 0 bridgehead atoms. The quantitative estimate of drug-likeness (QED) is 0.361. The van der Waals surface area contributed by atoms with Crippen LogP contribution in [0.2, 0.25) is 25.7 Å². The van der Waals surface area contributed by atoms with Gasteiger partial charge in [-0.05, 0) is 43.2 Å². The Morgan fingerprint density at radius 3 is 2.76 bits per heavy atom. The molecule has 5 rings (SSSR count). The highest BCUT2D eigenvalue weighted by Crippen LogP contribution is 2.60. The third kappa shape index (κ3) is 4.40. The molecule has 0 aromatic carbocycles. The lowest BCUT2D eigenvalue weighted by Gasteiger charge is -2.23. The highest BCUT2D eigenvalue weighted by Gasteiger charge is 2.58. The Kier molecular flexibility index (Phi) is 5.52. The number of rotatable bonds is 9. The summed E-state index contributed by atoms with van der Waals surface area (Å²) in [5, 5.41) is 8.97. The molecular weight excluding hydrogens is 430 g/mol. The maximum atomic E-state index is 6.06. The summed E-state index contributed by atoms with van der Waals surface area (Å²) >= 11 is 0. The van der Waals surface area contributed by atoms with Gasteiger partial charge in [0.05, 0.1) is 16.8 Å². The molecule has 1 N–H and O–H groups in total. The van der Waals surface area contributed by atoms with Gasteiger partial charge in [-0.2, -0.15) is 15.1 Å². The first-order valence-electron chi connectivity index (χ1n) is 12.1. The smallest absolute Gasteiger partial charge is 0.231 e. The predicted molar refractivity (Wildman–Crippen MR) is 136 cm³/mol. The molecule has 1 aliphatic heterocycles. The van der Waals surface area contributed by atoms with Crippen LogP contribution in [-0.4, -0.2) is 52.1 Å². The third-order valence-corrected chi connectivity index (χ3v) is 9.10. The Hall–Kier alpha value is -2.39. The van der Waals surface area contributed by atoms with Gasteiger partial charge in [0.25, 0.3) is 0 Å². The van der Waals surface area contributed by atoms with Gasteiger partial charge >= 0.3 is 0 Å². The number of nitrogens with zero attached hydrogens (tertiary/aromatic N) is 6. The van der Waals surface area contributed by atoms with Crippen LogP contribution in [0.4, 0.5) is 17.5 Å². The molecule has 1 saturated heterocycles. The van der Waals surface area contributed by atoms with Crippen LogP contribution in [-0.2, 0) is 18.5 Å². The molecule has 0 radical (unpaired) electrons. The number of hydrogen-bond acceptors (Lipinski definition) is 6. The molecule has 2 atom stereocenters. The second kappa shape index (κ2) is 8.13. The number of anilines is 3. The van der Waals surface area contributed by atoms with E-state index in [-0.39, 0.29) is 0 Å². The van der Waals surface area contributed by atoms with Gasteiger partial charge in [-0.3, -0.25) is 4.68 Å². The zero-order chi connectivity index (χ0) is 23.4. The fourth-order valence-electron chi connectivity index (χ4n) is 5.13. The van der Waals surface area contributed by atoms with E-state index in [0.29, 0.717) is 18.1 Å². The van der Waals surface area contributed by atoms with Crippen LogP contribution in [0.15, 0.2) is 18.5 Å². The van der Waals surface area contributed by atoms with Crippen molar-refractivity contribution in [1.82, 2.24) is 24.3 Å². The third-order valence-electron chi connectivity index (χ3n) is 7.39. The number of hydrogen-bond donors (Lipinski definition) is 1. The molecule has 0 spiro atoms. The van der Waals surface area contributed by atoms with Gasteiger partial charge in [-0.15, -0.1) is 0 Å². The van der Waals surface area contributed by atoms with Gasteiger partial charge in [0.15, 0.2) is 0 Å². The molecule has 178 valence electrons. The van der Waals surface area contributed by atoms with Gasteiger partial charge in [-0.25, -0.2) is 0 Å². The van der Waals surface area contributed by atoms with Gasteiger partial charge in [0, 0.05) is 47.2 Å². The molecule has 0 amide bonds. The largest absolute Gasteiger partial charge is 0.361 e. The van der Waals surface area contributed by atoms with E-state index in [0.717, 1.165) is 59.9 Å². The number of aryl methyl sites for hydroxylation is 2. The highest BCUT2D eigenvalue weighted by atomic mass is 28.3. The van der Waals surface area contributed by atoms with Crippen LogP contribution >= 0.6 is 0 Å². The van der Waals surface area contributed by atoms with Gasteiger partial charge < -0.3 is 19.5 Å². The van der Waals surface area contributed by atoms with E-state index in [9.17, 15) is 0 Å². The van der Waals surface area contributed by atoms with E-state index in [1.165, 1.54) is 12.8 Å². The van der Waals surface area contributed by atoms with E-state index in [1.54, 1.807) is 0 Å². The Labute approximate surface area is 197 Å². The molecule has 2 unspecified atom stereocenters. The first-order valence-corrected chi connectivity index (χ1v) is 15.8. The monoisotopic (exact) mass is 467 g/mol. The first kappa shape index (κ1) is 22.4. The molecule has 9 heteroatoms. The topological polar surface area (TPSA) is 73.0 Å². The van der Waals surface area contributed by atoms with Crippen molar-refractivity contribution < 1.29 is 4.74 Å². The number of fused-ring (bicyclic) bond motifs is 2. The SMILES string of the molecule is CCC12CC1CN(c1nc(Nc3cn(C)nc3C)nc3c1ccn3COCC[Si](C)(C)C)C2. The van der Waals surface area contributed by atoms with Crippen molar-refractivity contribution in [2.45, 2.75) is 59.1 Å². The summed E-state index contributed by atoms with van der Waals surface area (Å²) in [5.74, 6) is 2.45. The summed E-state index contributed by atoms with van der Waals surface area (Å²) in [4.78, 5) is 12.4. The Bertz CT molecular complexity index is 1160. The van der Waals surface area contributed by atoms with Crippen molar-refractivity contribution in [3.8, 4) is 0 Å². The first-order chi connectivity index (χ1) is 15.7. The van der Waals surface area contributed by atoms with Gasteiger partial charge in [-0.1, -0.05) is 26.6 Å². The molecule has 1 saturated carbocycles. The Morgan fingerprint density at radius 2 is 2.09 bits per heavy atom. The van der Waals surface area contributed by atoms with Crippen molar-refractivity contribution in [2.24, 2.45) is 18.4 Å². The van der Waals surface area contributed by atoms with Gasteiger partial charge in [0.1, 0.15) is 18.2 Å². The maximum absolute atomic E-state index is 6.06. The van der Waals surface area contributed by atoms with Crippen molar-refractivity contribution in [2.75, 3.05) is 29.9 Å². The van der Waals surface area contributed by atoms with Crippen molar-refractivity contribution >= 4 is 36.6 Å². The highest BCUT2D eigenvalue weighted by molar-refractivity contribution is 6.76. The molecule has 3 aromatic heterocycles. The predicted octanol–water partition coefficient (Wildman–Crippen LogP) is 4.77. The zero-order valence-electron chi connectivity index (χ0n) is 20.9. The van der Waals surface area contributed by atoms with Crippen LogP contribution in [0.3, 0.4) is 0 Å². The summed E-state index contributed by atoms with van der Waals surface area (Å²) in [7, 11) is 0.815. The summed E-state index contributed by atoms with van der Waals surface area (Å²) in [5.41, 5.74) is 3.28. The lowest BCUT2D eigenvalue weighted by Crippen LogP contribution is -2.26. The van der Waals surface area contributed by atoms with E-state index in [2.05, 4.69) is 58.7 Å². The summed E-state index contributed by atoms with van der Waals surface area (Å²) in [6.45, 7) is 14.9. The average Bonchev–Trinajstić information content (AvgIpc) is 3.03. The standard InChI is InChI=1S/C24H37N7OSi/c1-7-24-12-18(24)13-31(15-24)22-19-8-9-30(16-32-10-11-33(4,5)6)21(19)26-23(27-22)25-20-14-29(3)28-17(20)2/h8-9,14,18H,7,10-13,15-16H2,1-6H3,(H,25,26,27). The molecule has 4 heterocycles.